The standard InChI is InChI=1S/C16H12FNO2/c1-20-12-7-8-13(15(17)9-12)16(19)14(10-18)11-5-3-2-4-6-11/h2-9,14H,1H3. The van der Waals surface area contributed by atoms with E-state index in [1.165, 1.54) is 19.2 Å². The molecule has 0 fully saturated rings. The molecule has 0 saturated carbocycles. The van der Waals surface area contributed by atoms with Crippen LogP contribution in [0.2, 0.25) is 0 Å². The minimum atomic E-state index is -1.01. The highest BCUT2D eigenvalue weighted by atomic mass is 19.1. The Morgan fingerprint density at radius 2 is 1.95 bits per heavy atom. The number of methoxy groups -OCH3 is 1. The summed E-state index contributed by atoms with van der Waals surface area (Å²) in [6.45, 7) is 0. The SMILES string of the molecule is COc1ccc(C(=O)C(C#N)c2ccccc2)c(F)c1. The summed E-state index contributed by atoms with van der Waals surface area (Å²) in [6.07, 6.45) is 0. The summed E-state index contributed by atoms with van der Waals surface area (Å²) in [5.41, 5.74) is 0.441. The van der Waals surface area contributed by atoms with Gasteiger partial charge in [0.2, 0.25) is 0 Å². The summed E-state index contributed by atoms with van der Waals surface area (Å²) in [5.74, 6) is -1.93. The average molecular weight is 269 g/mol. The number of carbonyl (C=O) groups is 1. The van der Waals surface area contributed by atoms with Crippen molar-refractivity contribution in [3.05, 3.63) is 65.5 Å². The van der Waals surface area contributed by atoms with Gasteiger partial charge in [-0.05, 0) is 17.7 Å². The molecule has 0 spiro atoms. The molecule has 100 valence electrons. The maximum atomic E-state index is 13.9. The zero-order valence-electron chi connectivity index (χ0n) is 10.8. The Kier molecular flexibility index (Phi) is 4.11. The predicted molar refractivity (Wildman–Crippen MR) is 72.1 cm³/mol. The second-order valence-electron chi connectivity index (χ2n) is 4.18. The van der Waals surface area contributed by atoms with Crippen LogP contribution in [-0.2, 0) is 0 Å². The highest BCUT2D eigenvalue weighted by Gasteiger charge is 2.24. The number of ketones is 1. The number of rotatable bonds is 4. The van der Waals surface area contributed by atoms with E-state index in [9.17, 15) is 14.4 Å². The number of ether oxygens (including phenoxy) is 1. The molecule has 0 aliphatic carbocycles. The Morgan fingerprint density at radius 3 is 2.50 bits per heavy atom. The van der Waals surface area contributed by atoms with E-state index in [0.29, 0.717) is 11.3 Å². The van der Waals surface area contributed by atoms with Crippen molar-refractivity contribution in [1.82, 2.24) is 0 Å². The molecule has 0 bridgehead atoms. The lowest BCUT2D eigenvalue weighted by molar-refractivity contribution is 0.0975. The largest absolute Gasteiger partial charge is 0.497 e. The van der Waals surface area contributed by atoms with Gasteiger partial charge in [-0.25, -0.2) is 4.39 Å². The summed E-state index contributed by atoms with van der Waals surface area (Å²) >= 11 is 0. The maximum Gasteiger partial charge on any atom is 0.187 e. The first-order valence-electron chi connectivity index (χ1n) is 5.99. The van der Waals surface area contributed by atoms with Crippen molar-refractivity contribution < 1.29 is 13.9 Å². The molecule has 3 nitrogen and oxygen atoms in total. The molecule has 2 aromatic carbocycles. The molecule has 0 N–H and O–H groups in total. The number of halogens is 1. The van der Waals surface area contributed by atoms with Crippen LogP contribution in [-0.4, -0.2) is 12.9 Å². The fourth-order valence-corrected chi connectivity index (χ4v) is 1.91. The van der Waals surface area contributed by atoms with Crippen LogP contribution in [0.1, 0.15) is 21.8 Å². The predicted octanol–water partition coefficient (Wildman–Crippen LogP) is 3.32. The van der Waals surface area contributed by atoms with Crippen LogP contribution in [0.5, 0.6) is 5.75 Å². The van der Waals surface area contributed by atoms with Crippen LogP contribution in [0, 0.1) is 17.1 Å². The highest BCUT2D eigenvalue weighted by Crippen LogP contribution is 2.24. The lowest BCUT2D eigenvalue weighted by Crippen LogP contribution is -2.13. The molecule has 1 atom stereocenters. The first-order valence-corrected chi connectivity index (χ1v) is 5.99. The molecule has 0 aliphatic heterocycles. The molecule has 2 aromatic rings. The maximum absolute atomic E-state index is 13.9. The van der Waals surface area contributed by atoms with Crippen molar-refractivity contribution in [2.75, 3.05) is 7.11 Å². The van der Waals surface area contributed by atoms with Gasteiger partial charge in [-0.15, -0.1) is 0 Å². The molecule has 0 aliphatic rings. The molecular weight excluding hydrogens is 257 g/mol. The van der Waals surface area contributed by atoms with Gasteiger partial charge in [0.05, 0.1) is 18.7 Å². The average Bonchev–Trinajstić information content (AvgIpc) is 2.48. The van der Waals surface area contributed by atoms with Crippen molar-refractivity contribution in [1.29, 1.82) is 5.26 Å². The summed E-state index contributed by atoms with van der Waals surface area (Å²) < 4.78 is 18.8. The second kappa shape index (κ2) is 5.98. The second-order valence-corrected chi connectivity index (χ2v) is 4.18. The van der Waals surface area contributed by atoms with Crippen molar-refractivity contribution >= 4 is 5.78 Å². The number of Topliss-reactive ketones (excluding diaryl/α,β-unsaturated/α-hetero) is 1. The molecule has 20 heavy (non-hydrogen) atoms. The number of nitriles is 1. The summed E-state index contributed by atoms with van der Waals surface area (Å²) in [4.78, 5) is 12.3. The molecule has 0 saturated heterocycles. The van der Waals surface area contributed by atoms with Crippen LogP contribution in [0.15, 0.2) is 48.5 Å². The van der Waals surface area contributed by atoms with E-state index in [1.54, 1.807) is 30.3 Å². The van der Waals surface area contributed by atoms with E-state index in [0.717, 1.165) is 6.07 Å². The van der Waals surface area contributed by atoms with Crippen molar-refractivity contribution in [2.45, 2.75) is 5.92 Å². The molecule has 0 heterocycles. The first-order chi connectivity index (χ1) is 9.67. The zero-order valence-corrected chi connectivity index (χ0v) is 10.8. The normalized spacial score (nSPS) is 11.4. The van der Waals surface area contributed by atoms with Crippen LogP contribution in [0.3, 0.4) is 0 Å². The summed E-state index contributed by atoms with van der Waals surface area (Å²) in [6, 6.07) is 14.5. The lowest BCUT2D eigenvalue weighted by Gasteiger charge is -2.10. The topological polar surface area (TPSA) is 50.1 Å². The third kappa shape index (κ3) is 2.67. The van der Waals surface area contributed by atoms with E-state index in [4.69, 9.17) is 4.74 Å². The minimum absolute atomic E-state index is 0.110. The number of hydrogen-bond acceptors (Lipinski definition) is 3. The minimum Gasteiger partial charge on any atom is -0.497 e. The summed E-state index contributed by atoms with van der Waals surface area (Å²) in [7, 11) is 1.41. The van der Waals surface area contributed by atoms with Gasteiger partial charge in [0.1, 0.15) is 17.5 Å². The number of hydrogen-bond donors (Lipinski definition) is 0. The lowest BCUT2D eigenvalue weighted by atomic mass is 9.91. The van der Waals surface area contributed by atoms with Crippen LogP contribution < -0.4 is 4.74 Å². The third-order valence-corrected chi connectivity index (χ3v) is 2.97. The van der Waals surface area contributed by atoms with Crippen molar-refractivity contribution in [3.63, 3.8) is 0 Å². The number of nitrogens with zero attached hydrogens (tertiary/aromatic N) is 1. The smallest absolute Gasteiger partial charge is 0.187 e. The van der Waals surface area contributed by atoms with E-state index < -0.39 is 17.5 Å². The van der Waals surface area contributed by atoms with Gasteiger partial charge >= 0.3 is 0 Å². The van der Waals surface area contributed by atoms with Gasteiger partial charge in [-0.1, -0.05) is 30.3 Å². The monoisotopic (exact) mass is 269 g/mol. The number of benzene rings is 2. The summed E-state index contributed by atoms with van der Waals surface area (Å²) in [5, 5.41) is 9.18. The third-order valence-electron chi connectivity index (χ3n) is 2.97. The molecule has 0 aromatic heterocycles. The van der Waals surface area contributed by atoms with Gasteiger partial charge in [0.15, 0.2) is 5.78 Å². The van der Waals surface area contributed by atoms with Crippen LogP contribution in [0.25, 0.3) is 0 Å². The highest BCUT2D eigenvalue weighted by molar-refractivity contribution is 6.03. The quantitative estimate of drug-likeness (QED) is 0.800. The van der Waals surface area contributed by atoms with Crippen molar-refractivity contribution in [2.24, 2.45) is 0 Å². The number of carbonyl (C=O) groups excluding carboxylic acids is 1. The van der Waals surface area contributed by atoms with E-state index in [1.807, 2.05) is 6.07 Å². The molecule has 4 heteroatoms. The molecule has 0 radical (unpaired) electrons. The van der Waals surface area contributed by atoms with Gasteiger partial charge in [0.25, 0.3) is 0 Å². The van der Waals surface area contributed by atoms with Gasteiger partial charge in [-0.2, -0.15) is 5.26 Å². The molecule has 0 amide bonds. The molecule has 2 rings (SSSR count). The van der Waals surface area contributed by atoms with Gasteiger partial charge in [-0.3, -0.25) is 4.79 Å². The van der Waals surface area contributed by atoms with E-state index in [2.05, 4.69) is 0 Å². The Bertz CT molecular complexity index is 662. The van der Waals surface area contributed by atoms with Crippen molar-refractivity contribution in [3.8, 4) is 11.8 Å². The Hall–Kier alpha value is -2.67. The van der Waals surface area contributed by atoms with Gasteiger partial charge in [0, 0.05) is 6.07 Å². The Morgan fingerprint density at radius 1 is 1.25 bits per heavy atom. The Labute approximate surface area is 116 Å². The molecular formula is C16H12FNO2. The van der Waals surface area contributed by atoms with E-state index in [-0.39, 0.29) is 5.56 Å². The van der Waals surface area contributed by atoms with Gasteiger partial charge < -0.3 is 4.74 Å². The van der Waals surface area contributed by atoms with Crippen LogP contribution in [0.4, 0.5) is 4.39 Å². The fraction of sp³-hybridized carbons (Fsp3) is 0.125. The fourth-order valence-electron chi connectivity index (χ4n) is 1.91. The van der Waals surface area contributed by atoms with Crippen LogP contribution >= 0.6 is 0 Å². The van der Waals surface area contributed by atoms with E-state index >= 15 is 0 Å². The molecule has 1 unspecified atom stereocenters. The zero-order chi connectivity index (χ0) is 14.5. The Balaban J connectivity index is 2.38. The first kappa shape index (κ1) is 13.8.